The van der Waals surface area contributed by atoms with E-state index in [0.717, 1.165) is 42.2 Å². The molecule has 0 N–H and O–H groups in total. The minimum Gasteiger partial charge on any atom is -0.356 e. The van der Waals surface area contributed by atoms with Gasteiger partial charge < -0.3 is 4.90 Å². The molecule has 4 rings (SSSR count). The molecule has 0 saturated carbocycles. The zero-order valence-corrected chi connectivity index (χ0v) is 15.0. The quantitative estimate of drug-likeness (QED) is 0.859. The molecule has 2 aliphatic rings. The lowest BCUT2D eigenvalue weighted by atomic mass is 10.0. The van der Waals surface area contributed by atoms with Crippen LogP contribution in [0.5, 0.6) is 0 Å². The predicted octanol–water partition coefficient (Wildman–Crippen LogP) is 3.71. The Morgan fingerprint density at radius 3 is 2.70 bits per heavy atom. The summed E-state index contributed by atoms with van der Waals surface area (Å²) in [4.78, 5) is 15.9. The van der Waals surface area contributed by atoms with Gasteiger partial charge in [0.05, 0.1) is 5.39 Å². The van der Waals surface area contributed by atoms with Crippen LogP contribution < -0.4 is 4.90 Å². The summed E-state index contributed by atoms with van der Waals surface area (Å²) in [5.74, 6) is 2.14. The smallest absolute Gasteiger partial charge is 0.141 e. The highest BCUT2D eigenvalue weighted by Crippen LogP contribution is 2.32. The molecule has 2 aromatic heterocycles. The number of likely N-dealkylation sites (tertiary alicyclic amines) is 1. The third kappa shape index (κ3) is 2.85. The molecule has 2 saturated heterocycles. The van der Waals surface area contributed by atoms with E-state index in [0.29, 0.717) is 0 Å². The zero-order chi connectivity index (χ0) is 15.8. The molecule has 0 bridgehead atoms. The molecule has 0 radical (unpaired) electrons. The van der Waals surface area contributed by atoms with Crippen LogP contribution >= 0.6 is 11.3 Å². The van der Waals surface area contributed by atoms with Crippen LogP contribution in [-0.4, -0.2) is 46.6 Å². The fourth-order valence-electron chi connectivity index (χ4n) is 4.19. The van der Waals surface area contributed by atoms with Crippen LogP contribution in [0.3, 0.4) is 0 Å². The molecule has 2 aromatic rings. The standard InChI is InChI=1S/C18H26N4S/c1-3-16-19-17(15-8-12-23-18(15)20-16)21-10-6-14(7-11-21)22-9-4-5-13(22)2/h8,12-14H,3-7,9-11H2,1-2H3. The summed E-state index contributed by atoms with van der Waals surface area (Å²) < 4.78 is 0. The van der Waals surface area contributed by atoms with Crippen LogP contribution in [0.2, 0.25) is 0 Å². The third-order valence-corrected chi connectivity index (χ3v) is 6.31. The molecule has 0 aliphatic carbocycles. The summed E-state index contributed by atoms with van der Waals surface area (Å²) >= 11 is 1.73. The SMILES string of the molecule is CCc1nc(N2CCC(N3CCCC3C)CC2)c2ccsc2n1. The van der Waals surface area contributed by atoms with Crippen molar-refractivity contribution >= 4 is 27.4 Å². The molecule has 0 spiro atoms. The highest BCUT2D eigenvalue weighted by atomic mass is 32.1. The first-order valence-electron chi connectivity index (χ1n) is 9.01. The Balaban J connectivity index is 1.53. The third-order valence-electron chi connectivity index (χ3n) is 5.50. The average molecular weight is 331 g/mol. The summed E-state index contributed by atoms with van der Waals surface area (Å²) in [7, 11) is 0. The van der Waals surface area contributed by atoms with Crippen LogP contribution in [0.15, 0.2) is 11.4 Å². The highest BCUT2D eigenvalue weighted by molar-refractivity contribution is 7.16. The Hall–Kier alpha value is -1.20. The Kier molecular flexibility index (Phi) is 4.24. The van der Waals surface area contributed by atoms with Crippen molar-refractivity contribution in [2.75, 3.05) is 24.5 Å². The van der Waals surface area contributed by atoms with Gasteiger partial charge in [0.25, 0.3) is 0 Å². The van der Waals surface area contributed by atoms with E-state index < -0.39 is 0 Å². The second-order valence-corrected chi connectivity index (χ2v) is 7.80. The number of thiophene rings is 1. The predicted molar refractivity (Wildman–Crippen MR) is 97.4 cm³/mol. The second-order valence-electron chi connectivity index (χ2n) is 6.90. The number of aromatic nitrogens is 2. The number of rotatable bonds is 3. The molecule has 2 fully saturated rings. The zero-order valence-electron chi connectivity index (χ0n) is 14.2. The molecule has 4 nitrogen and oxygen atoms in total. The van der Waals surface area contributed by atoms with Crippen LogP contribution in [0, 0.1) is 0 Å². The van der Waals surface area contributed by atoms with Crippen molar-refractivity contribution in [3.8, 4) is 0 Å². The van der Waals surface area contributed by atoms with Gasteiger partial charge in [-0.1, -0.05) is 6.92 Å². The van der Waals surface area contributed by atoms with E-state index in [1.807, 2.05) is 0 Å². The van der Waals surface area contributed by atoms with Gasteiger partial charge in [-0.05, 0) is 50.6 Å². The monoisotopic (exact) mass is 330 g/mol. The average Bonchev–Trinajstić information content (AvgIpc) is 3.22. The Morgan fingerprint density at radius 2 is 2.00 bits per heavy atom. The van der Waals surface area contributed by atoms with Gasteiger partial charge in [-0.15, -0.1) is 11.3 Å². The maximum atomic E-state index is 4.86. The van der Waals surface area contributed by atoms with Crippen molar-refractivity contribution in [2.45, 2.75) is 58.0 Å². The van der Waals surface area contributed by atoms with Gasteiger partial charge in [-0.3, -0.25) is 4.90 Å². The maximum absolute atomic E-state index is 4.86. The van der Waals surface area contributed by atoms with Gasteiger partial charge in [0.2, 0.25) is 0 Å². The van der Waals surface area contributed by atoms with Crippen molar-refractivity contribution in [3.05, 3.63) is 17.3 Å². The maximum Gasteiger partial charge on any atom is 0.141 e. The highest BCUT2D eigenvalue weighted by Gasteiger charge is 2.31. The van der Waals surface area contributed by atoms with Crippen molar-refractivity contribution in [1.82, 2.24) is 14.9 Å². The fourth-order valence-corrected chi connectivity index (χ4v) is 4.97. The van der Waals surface area contributed by atoms with E-state index in [1.54, 1.807) is 11.3 Å². The number of hydrogen-bond donors (Lipinski definition) is 0. The molecule has 124 valence electrons. The van der Waals surface area contributed by atoms with Gasteiger partial charge in [0.15, 0.2) is 0 Å². The van der Waals surface area contributed by atoms with Crippen LogP contribution in [-0.2, 0) is 6.42 Å². The normalized spacial score (nSPS) is 23.9. The van der Waals surface area contributed by atoms with E-state index >= 15 is 0 Å². The van der Waals surface area contributed by atoms with E-state index in [4.69, 9.17) is 4.98 Å². The lowest BCUT2D eigenvalue weighted by molar-refractivity contribution is 0.163. The number of piperidine rings is 1. The number of aryl methyl sites for hydroxylation is 1. The van der Waals surface area contributed by atoms with Crippen LogP contribution in [0.1, 0.15) is 45.4 Å². The van der Waals surface area contributed by atoms with E-state index in [1.165, 1.54) is 43.4 Å². The van der Waals surface area contributed by atoms with Gasteiger partial charge in [0, 0.05) is 31.6 Å². The van der Waals surface area contributed by atoms with Gasteiger partial charge in [-0.25, -0.2) is 9.97 Å². The van der Waals surface area contributed by atoms with E-state index in [9.17, 15) is 0 Å². The molecule has 1 unspecified atom stereocenters. The lowest BCUT2D eigenvalue weighted by Crippen LogP contribution is -2.46. The first-order valence-corrected chi connectivity index (χ1v) is 9.89. The molecular formula is C18H26N4S. The van der Waals surface area contributed by atoms with Gasteiger partial charge in [-0.2, -0.15) is 0 Å². The number of nitrogens with zero attached hydrogens (tertiary/aromatic N) is 4. The number of hydrogen-bond acceptors (Lipinski definition) is 5. The van der Waals surface area contributed by atoms with Crippen LogP contribution in [0.4, 0.5) is 5.82 Å². The summed E-state index contributed by atoms with van der Waals surface area (Å²) in [6.07, 6.45) is 6.19. The molecule has 5 heteroatoms. The first-order chi connectivity index (χ1) is 11.3. The van der Waals surface area contributed by atoms with Crippen molar-refractivity contribution in [3.63, 3.8) is 0 Å². The minimum atomic E-state index is 0.772. The summed E-state index contributed by atoms with van der Waals surface area (Å²) in [5.41, 5.74) is 0. The van der Waals surface area contributed by atoms with Gasteiger partial charge >= 0.3 is 0 Å². The molecular weight excluding hydrogens is 304 g/mol. The lowest BCUT2D eigenvalue weighted by Gasteiger charge is -2.39. The first kappa shape index (κ1) is 15.3. The second kappa shape index (κ2) is 6.36. The Morgan fingerprint density at radius 1 is 1.17 bits per heavy atom. The Labute approximate surface area is 142 Å². The number of anilines is 1. The summed E-state index contributed by atoms with van der Waals surface area (Å²) in [6.45, 7) is 8.08. The molecule has 1 atom stereocenters. The fraction of sp³-hybridized carbons (Fsp3) is 0.667. The van der Waals surface area contributed by atoms with Crippen molar-refractivity contribution in [1.29, 1.82) is 0 Å². The Bertz CT molecular complexity index is 675. The van der Waals surface area contributed by atoms with E-state index in [-0.39, 0.29) is 0 Å². The largest absolute Gasteiger partial charge is 0.356 e. The molecule has 4 heterocycles. The van der Waals surface area contributed by atoms with Crippen LogP contribution in [0.25, 0.3) is 10.2 Å². The van der Waals surface area contributed by atoms with Gasteiger partial charge in [0.1, 0.15) is 16.5 Å². The molecule has 23 heavy (non-hydrogen) atoms. The molecule has 0 amide bonds. The molecule has 0 aromatic carbocycles. The summed E-state index contributed by atoms with van der Waals surface area (Å²) in [5, 5.41) is 3.38. The topological polar surface area (TPSA) is 32.3 Å². The van der Waals surface area contributed by atoms with Crippen molar-refractivity contribution < 1.29 is 0 Å². The van der Waals surface area contributed by atoms with E-state index in [2.05, 4.69) is 40.1 Å². The number of fused-ring (bicyclic) bond motifs is 1. The minimum absolute atomic E-state index is 0.772. The van der Waals surface area contributed by atoms with Crippen molar-refractivity contribution in [2.24, 2.45) is 0 Å². The molecule has 2 aliphatic heterocycles. The summed E-state index contributed by atoms with van der Waals surface area (Å²) in [6, 6.07) is 3.73.